The average molecular weight is 468 g/mol. The Kier molecular flexibility index (Phi) is 4.97. The lowest BCUT2D eigenvalue weighted by molar-refractivity contribution is -0.149. The molecule has 0 bridgehead atoms. The van der Waals surface area contributed by atoms with Crippen LogP contribution < -0.4 is 5.73 Å². The number of aromatic nitrogens is 2. The van der Waals surface area contributed by atoms with Crippen LogP contribution in [0.1, 0.15) is 37.1 Å². The number of ether oxygens (including phenoxy) is 1. The molecular weight excluding hydrogens is 438 g/mol. The number of esters is 2. The number of carbonyl (C=O) groups is 2. The molecule has 0 fully saturated rings. The van der Waals surface area contributed by atoms with Gasteiger partial charge >= 0.3 is 11.9 Å². The van der Waals surface area contributed by atoms with Gasteiger partial charge in [0.1, 0.15) is 0 Å². The molecule has 2 atom stereocenters. The normalized spacial score (nSPS) is 19.2. The van der Waals surface area contributed by atoms with Gasteiger partial charge in [0, 0.05) is 64.5 Å². The van der Waals surface area contributed by atoms with E-state index in [1.807, 2.05) is 60.3 Å². The standard InChI is InChI=1S/C29H29N3O3/c1-16(2)27(30)17-12-13-32-22-11-7-5-9-19(22)24(23(32)14-17)26-25(28(33)35-29(26)34)20-15-31(3)21-10-6-4-8-18(20)21/h4-11,15-17,27H,12-14,30H2,1-3H3/t17-,27-/m0/s1. The van der Waals surface area contributed by atoms with Gasteiger partial charge in [-0.2, -0.15) is 0 Å². The van der Waals surface area contributed by atoms with Gasteiger partial charge in [-0.05, 0) is 36.8 Å². The first-order valence-electron chi connectivity index (χ1n) is 12.3. The number of hydrogen-bond acceptors (Lipinski definition) is 4. The van der Waals surface area contributed by atoms with Crippen molar-refractivity contribution in [2.75, 3.05) is 0 Å². The van der Waals surface area contributed by atoms with Crippen LogP contribution in [0, 0.1) is 11.8 Å². The minimum absolute atomic E-state index is 0.0679. The number of fused-ring (bicyclic) bond motifs is 4. The molecular formula is C29H29N3O3. The highest BCUT2D eigenvalue weighted by Crippen LogP contribution is 2.44. The molecule has 0 saturated heterocycles. The van der Waals surface area contributed by atoms with Crippen LogP contribution in [0.2, 0.25) is 0 Å². The Morgan fingerprint density at radius 3 is 2.34 bits per heavy atom. The van der Waals surface area contributed by atoms with E-state index in [1.165, 1.54) is 0 Å². The van der Waals surface area contributed by atoms with Crippen LogP contribution in [0.25, 0.3) is 33.0 Å². The Balaban J connectivity index is 1.65. The third-order valence-corrected chi connectivity index (χ3v) is 7.83. The first-order chi connectivity index (χ1) is 16.9. The number of cyclic esters (lactones) is 2. The van der Waals surface area contributed by atoms with Crippen LogP contribution in [-0.2, 0) is 34.3 Å². The second-order valence-corrected chi connectivity index (χ2v) is 10.2. The minimum Gasteiger partial charge on any atom is -0.386 e. The van der Waals surface area contributed by atoms with Crippen LogP contribution in [0.15, 0.2) is 54.7 Å². The molecule has 178 valence electrons. The SMILES string of the molecule is CC(C)[C@H](N)[C@H]1CCn2c(c(C3=C(c4cn(C)c5ccccc45)C(=O)OC3=O)c3ccccc32)C1. The third-order valence-electron chi connectivity index (χ3n) is 7.83. The maximum atomic E-state index is 13.3. The summed E-state index contributed by atoms with van der Waals surface area (Å²) in [5, 5.41) is 1.90. The smallest absolute Gasteiger partial charge is 0.347 e. The second-order valence-electron chi connectivity index (χ2n) is 10.2. The molecule has 0 radical (unpaired) electrons. The Bertz CT molecular complexity index is 1550. The van der Waals surface area contributed by atoms with Crippen molar-refractivity contribution < 1.29 is 14.3 Å². The van der Waals surface area contributed by atoms with Gasteiger partial charge < -0.3 is 19.6 Å². The van der Waals surface area contributed by atoms with Crippen molar-refractivity contribution in [3.63, 3.8) is 0 Å². The van der Waals surface area contributed by atoms with E-state index in [0.29, 0.717) is 23.0 Å². The highest BCUT2D eigenvalue weighted by molar-refractivity contribution is 6.47. The van der Waals surface area contributed by atoms with E-state index in [2.05, 4.69) is 24.5 Å². The summed E-state index contributed by atoms with van der Waals surface area (Å²) in [5.41, 5.74) is 12.0. The lowest BCUT2D eigenvalue weighted by Gasteiger charge is -2.32. The Morgan fingerprint density at radius 1 is 0.943 bits per heavy atom. The number of carbonyl (C=O) groups excluding carboxylic acids is 2. The highest BCUT2D eigenvalue weighted by atomic mass is 16.6. The van der Waals surface area contributed by atoms with Gasteiger partial charge in [-0.15, -0.1) is 0 Å². The zero-order valence-electron chi connectivity index (χ0n) is 20.2. The molecule has 6 nitrogen and oxygen atoms in total. The van der Waals surface area contributed by atoms with Crippen molar-refractivity contribution in [2.45, 2.75) is 39.3 Å². The fraction of sp³-hybridized carbons (Fsp3) is 0.310. The van der Waals surface area contributed by atoms with Crippen LogP contribution in [0.3, 0.4) is 0 Å². The first-order valence-corrected chi connectivity index (χ1v) is 12.3. The highest BCUT2D eigenvalue weighted by Gasteiger charge is 2.40. The van der Waals surface area contributed by atoms with Gasteiger partial charge in [0.2, 0.25) is 0 Å². The molecule has 2 N–H and O–H groups in total. The number of rotatable bonds is 4. The Morgan fingerprint density at radius 2 is 1.60 bits per heavy atom. The van der Waals surface area contributed by atoms with Gasteiger partial charge in [0.05, 0.1) is 11.1 Å². The predicted molar refractivity (Wildman–Crippen MR) is 137 cm³/mol. The summed E-state index contributed by atoms with van der Waals surface area (Å²) in [7, 11) is 1.95. The summed E-state index contributed by atoms with van der Waals surface area (Å²) in [5.74, 6) is -0.493. The minimum atomic E-state index is -0.586. The second kappa shape index (κ2) is 7.95. The molecule has 2 aromatic heterocycles. The predicted octanol–water partition coefficient (Wildman–Crippen LogP) is 4.67. The molecule has 0 amide bonds. The van der Waals surface area contributed by atoms with Gasteiger partial charge in [-0.3, -0.25) is 0 Å². The molecule has 4 heterocycles. The van der Waals surface area contributed by atoms with E-state index in [4.69, 9.17) is 10.5 Å². The summed E-state index contributed by atoms with van der Waals surface area (Å²) in [4.78, 5) is 26.5. The van der Waals surface area contributed by atoms with Gasteiger partial charge in [0.15, 0.2) is 0 Å². The van der Waals surface area contributed by atoms with Gasteiger partial charge in [0.25, 0.3) is 0 Å². The van der Waals surface area contributed by atoms with Crippen molar-refractivity contribution in [3.8, 4) is 0 Å². The molecule has 6 rings (SSSR count). The number of nitrogens with zero attached hydrogens (tertiary/aromatic N) is 2. The maximum Gasteiger partial charge on any atom is 0.347 e. The molecule has 2 aliphatic heterocycles. The molecule has 0 aliphatic carbocycles. The summed E-state index contributed by atoms with van der Waals surface area (Å²) in [6.45, 7) is 5.15. The van der Waals surface area contributed by atoms with Crippen molar-refractivity contribution >= 4 is 44.9 Å². The van der Waals surface area contributed by atoms with Crippen LogP contribution in [0.4, 0.5) is 0 Å². The number of aryl methyl sites for hydroxylation is 2. The number of benzene rings is 2. The van der Waals surface area contributed by atoms with Gasteiger partial charge in [-0.25, -0.2) is 9.59 Å². The molecule has 0 spiro atoms. The molecule has 0 saturated carbocycles. The zero-order valence-corrected chi connectivity index (χ0v) is 20.2. The summed E-state index contributed by atoms with van der Waals surface area (Å²) in [6.07, 6.45) is 3.67. The molecule has 2 aromatic carbocycles. The Hall–Kier alpha value is -3.64. The number of hydrogen-bond donors (Lipinski definition) is 1. The number of nitrogens with two attached hydrogens (primary N) is 1. The van der Waals surface area contributed by atoms with E-state index in [0.717, 1.165) is 58.0 Å². The average Bonchev–Trinajstić information content (AvgIpc) is 3.46. The third kappa shape index (κ3) is 3.20. The maximum absolute atomic E-state index is 13.3. The summed E-state index contributed by atoms with van der Waals surface area (Å²) in [6, 6.07) is 16.1. The van der Waals surface area contributed by atoms with Crippen LogP contribution in [-0.4, -0.2) is 27.1 Å². The van der Waals surface area contributed by atoms with Crippen molar-refractivity contribution in [3.05, 3.63) is 71.5 Å². The van der Waals surface area contributed by atoms with Crippen LogP contribution in [0.5, 0.6) is 0 Å². The zero-order chi connectivity index (χ0) is 24.4. The molecule has 6 heteroatoms. The number of para-hydroxylation sites is 2. The van der Waals surface area contributed by atoms with E-state index in [-0.39, 0.29) is 6.04 Å². The lowest BCUT2D eigenvalue weighted by atomic mass is 9.82. The summed E-state index contributed by atoms with van der Waals surface area (Å²) >= 11 is 0. The van der Waals surface area contributed by atoms with E-state index < -0.39 is 11.9 Å². The van der Waals surface area contributed by atoms with E-state index in [9.17, 15) is 9.59 Å². The quantitative estimate of drug-likeness (QED) is 0.349. The molecule has 2 aliphatic rings. The Labute approximate surface area is 204 Å². The van der Waals surface area contributed by atoms with Gasteiger partial charge in [-0.1, -0.05) is 50.2 Å². The topological polar surface area (TPSA) is 79.2 Å². The fourth-order valence-corrected chi connectivity index (χ4v) is 6.02. The lowest BCUT2D eigenvalue weighted by Crippen LogP contribution is -2.39. The van der Waals surface area contributed by atoms with Crippen LogP contribution >= 0.6 is 0 Å². The summed E-state index contributed by atoms with van der Waals surface area (Å²) < 4.78 is 9.57. The van der Waals surface area contributed by atoms with Crippen molar-refractivity contribution in [1.82, 2.24) is 9.13 Å². The molecule has 0 unspecified atom stereocenters. The first kappa shape index (κ1) is 21.9. The molecule has 4 aromatic rings. The fourth-order valence-electron chi connectivity index (χ4n) is 6.02. The molecule has 35 heavy (non-hydrogen) atoms. The van der Waals surface area contributed by atoms with Crippen molar-refractivity contribution in [2.24, 2.45) is 24.6 Å². The van der Waals surface area contributed by atoms with Crippen molar-refractivity contribution in [1.29, 1.82) is 0 Å². The largest absolute Gasteiger partial charge is 0.386 e. The van der Waals surface area contributed by atoms with E-state index >= 15 is 0 Å². The van der Waals surface area contributed by atoms with E-state index in [1.54, 1.807) is 0 Å². The monoisotopic (exact) mass is 467 g/mol.